The first kappa shape index (κ1) is 16.1. The first-order valence-corrected chi connectivity index (χ1v) is 9.44. The topological polar surface area (TPSA) is 60.2 Å². The summed E-state index contributed by atoms with van der Waals surface area (Å²) in [6.45, 7) is 3.93. The molecule has 23 heavy (non-hydrogen) atoms. The summed E-state index contributed by atoms with van der Waals surface area (Å²) >= 11 is 5.11. The largest absolute Gasteiger partial charge is 0.393 e. The molecule has 0 radical (unpaired) electrons. The standard InChI is InChI=1S/C18H19NO2S2/c1-11-3-7-13(8-4-11)15-16(18(19)22)17(15)23(20,21)14-9-5-12(2)6-10-14/h3-10,15-17H,1-2H3,(H2,19,22)/t15-,16+,17+/m0/s1. The summed E-state index contributed by atoms with van der Waals surface area (Å²) in [7, 11) is -3.45. The van der Waals surface area contributed by atoms with Gasteiger partial charge in [0.1, 0.15) is 0 Å². The van der Waals surface area contributed by atoms with Crippen molar-refractivity contribution >= 4 is 27.0 Å². The molecule has 3 nitrogen and oxygen atoms in total. The second kappa shape index (κ2) is 5.73. The molecule has 0 aliphatic heterocycles. The third-order valence-electron chi connectivity index (χ3n) is 4.45. The lowest BCUT2D eigenvalue weighted by atomic mass is 10.1. The van der Waals surface area contributed by atoms with Crippen LogP contribution in [0.15, 0.2) is 53.4 Å². The predicted octanol–water partition coefficient (Wildman–Crippen LogP) is 3.15. The van der Waals surface area contributed by atoms with Crippen molar-refractivity contribution in [2.45, 2.75) is 29.9 Å². The minimum absolute atomic E-state index is 0.153. The molecular formula is C18H19NO2S2. The summed E-state index contributed by atoms with van der Waals surface area (Å²) in [5, 5.41) is -0.564. The lowest BCUT2D eigenvalue weighted by Crippen LogP contribution is -2.17. The molecule has 0 saturated heterocycles. The van der Waals surface area contributed by atoms with E-state index in [4.69, 9.17) is 18.0 Å². The minimum Gasteiger partial charge on any atom is -0.393 e. The molecule has 0 spiro atoms. The van der Waals surface area contributed by atoms with Crippen molar-refractivity contribution < 1.29 is 8.42 Å². The Bertz CT molecular complexity index is 840. The fourth-order valence-corrected chi connectivity index (χ4v) is 5.61. The third-order valence-corrected chi connectivity index (χ3v) is 6.96. The maximum atomic E-state index is 13.0. The van der Waals surface area contributed by atoms with Gasteiger partial charge in [0.25, 0.3) is 0 Å². The summed E-state index contributed by atoms with van der Waals surface area (Å²) in [6, 6.07) is 14.8. The molecule has 120 valence electrons. The number of hydrogen-bond acceptors (Lipinski definition) is 3. The quantitative estimate of drug-likeness (QED) is 0.865. The molecule has 3 rings (SSSR count). The summed E-state index contributed by atoms with van der Waals surface area (Å²) in [5.41, 5.74) is 8.96. The molecule has 2 N–H and O–H groups in total. The maximum Gasteiger partial charge on any atom is 0.182 e. The molecule has 5 heteroatoms. The van der Waals surface area contributed by atoms with E-state index in [0.717, 1.165) is 16.7 Å². The van der Waals surface area contributed by atoms with Crippen LogP contribution in [0.1, 0.15) is 22.6 Å². The number of nitrogens with two attached hydrogens (primary N) is 1. The Morgan fingerprint density at radius 2 is 1.43 bits per heavy atom. The van der Waals surface area contributed by atoms with Gasteiger partial charge >= 0.3 is 0 Å². The second-order valence-electron chi connectivity index (χ2n) is 6.19. The monoisotopic (exact) mass is 345 g/mol. The summed E-state index contributed by atoms with van der Waals surface area (Å²) in [4.78, 5) is 0.611. The van der Waals surface area contributed by atoms with Crippen LogP contribution in [-0.2, 0) is 9.84 Å². The van der Waals surface area contributed by atoms with Crippen LogP contribution in [0.4, 0.5) is 0 Å². The molecule has 0 heterocycles. The van der Waals surface area contributed by atoms with Gasteiger partial charge in [-0.05, 0) is 31.5 Å². The van der Waals surface area contributed by atoms with Crippen LogP contribution in [0, 0.1) is 19.8 Å². The Kier molecular flexibility index (Phi) is 4.02. The zero-order chi connectivity index (χ0) is 16.8. The molecule has 0 aromatic heterocycles. The zero-order valence-corrected chi connectivity index (χ0v) is 14.7. The SMILES string of the molecule is Cc1ccc([C@H]2[C@@H](C(N)=S)[C@@H]2S(=O)(=O)c2ccc(C)cc2)cc1. The van der Waals surface area contributed by atoms with E-state index in [0.29, 0.717) is 4.90 Å². The highest BCUT2D eigenvalue weighted by molar-refractivity contribution is 7.92. The Morgan fingerprint density at radius 3 is 1.91 bits per heavy atom. The lowest BCUT2D eigenvalue weighted by Gasteiger charge is -2.05. The van der Waals surface area contributed by atoms with Crippen molar-refractivity contribution in [2.24, 2.45) is 11.7 Å². The molecule has 3 atom stereocenters. The van der Waals surface area contributed by atoms with Crippen LogP contribution >= 0.6 is 12.2 Å². The normalized spacial score (nSPS) is 23.5. The van der Waals surface area contributed by atoms with Crippen LogP contribution in [0.2, 0.25) is 0 Å². The van der Waals surface area contributed by atoms with E-state index in [9.17, 15) is 8.42 Å². The van der Waals surface area contributed by atoms with Crippen molar-refractivity contribution in [2.75, 3.05) is 0 Å². The average molecular weight is 345 g/mol. The van der Waals surface area contributed by atoms with Crippen molar-refractivity contribution in [3.8, 4) is 0 Å². The number of thiocarbonyl (C=S) groups is 1. The van der Waals surface area contributed by atoms with E-state index in [-0.39, 0.29) is 16.8 Å². The maximum absolute atomic E-state index is 13.0. The Hall–Kier alpha value is -1.72. The number of benzene rings is 2. The van der Waals surface area contributed by atoms with Gasteiger partial charge in [-0.2, -0.15) is 0 Å². The van der Waals surface area contributed by atoms with Crippen molar-refractivity contribution in [3.05, 3.63) is 65.2 Å². The predicted molar refractivity (Wildman–Crippen MR) is 96.3 cm³/mol. The van der Waals surface area contributed by atoms with E-state index in [1.54, 1.807) is 12.1 Å². The van der Waals surface area contributed by atoms with Crippen LogP contribution < -0.4 is 5.73 Å². The van der Waals surface area contributed by atoms with E-state index < -0.39 is 15.1 Å². The Balaban J connectivity index is 1.98. The number of aryl methyl sites for hydroxylation is 2. The van der Waals surface area contributed by atoms with Gasteiger partial charge in [-0.25, -0.2) is 8.42 Å². The van der Waals surface area contributed by atoms with Gasteiger partial charge in [-0.3, -0.25) is 0 Å². The first-order valence-electron chi connectivity index (χ1n) is 7.49. The van der Waals surface area contributed by atoms with Crippen molar-refractivity contribution in [3.63, 3.8) is 0 Å². The molecule has 2 aromatic carbocycles. The second-order valence-corrected chi connectivity index (χ2v) is 8.76. The fraction of sp³-hybridized carbons (Fsp3) is 0.278. The number of hydrogen-bond donors (Lipinski definition) is 1. The van der Waals surface area contributed by atoms with Crippen LogP contribution in [0.5, 0.6) is 0 Å². The van der Waals surface area contributed by atoms with E-state index in [2.05, 4.69) is 0 Å². The van der Waals surface area contributed by atoms with Gasteiger partial charge in [0.2, 0.25) is 0 Å². The molecular weight excluding hydrogens is 326 g/mol. The molecule has 1 aliphatic rings. The highest BCUT2D eigenvalue weighted by Crippen LogP contribution is 2.54. The summed E-state index contributed by atoms with van der Waals surface area (Å²) in [6.07, 6.45) is 0. The Labute approximate surface area is 142 Å². The Morgan fingerprint density at radius 1 is 0.957 bits per heavy atom. The van der Waals surface area contributed by atoms with Crippen LogP contribution in [0.3, 0.4) is 0 Å². The molecule has 0 amide bonds. The van der Waals surface area contributed by atoms with Gasteiger partial charge < -0.3 is 5.73 Å². The molecule has 0 bridgehead atoms. The van der Waals surface area contributed by atoms with E-state index >= 15 is 0 Å². The van der Waals surface area contributed by atoms with Gasteiger partial charge in [0, 0.05) is 11.8 Å². The van der Waals surface area contributed by atoms with Crippen molar-refractivity contribution in [1.29, 1.82) is 0 Å². The zero-order valence-electron chi connectivity index (χ0n) is 13.1. The fourth-order valence-electron chi connectivity index (χ4n) is 3.08. The van der Waals surface area contributed by atoms with Crippen molar-refractivity contribution in [1.82, 2.24) is 0 Å². The summed E-state index contributed by atoms with van der Waals surface area (Å²) in [5.74, 6) is -0.446. The first-order chi connectivity index (χ1) is 10.8. The van der Waals surface area contributed by atoms with E-state index in [1.807, 2.05) is 50.2 Å². The smallest absolute Gasteiger partial charge is 0.182 e. The van der Waals surface area contributed by atoms with Gasteiger partial charge in [-0.1, -0.05) is 59.7 Å². The van der Waals surface area contributed by atoms with Gasteiger partial charge in [0.15, 0.2) is 9.84 Å². The highest BCUT2D eigenvalue weighted by atomic mass is 32.2. The van der Waals surface area contributed by atoms with Gasteiger partial charge in [-0.15, -0.1) is 0 Å². The molecule has 0 unspecified atom stereocenters. The average Bonchev–Trinajstić information content (AvgIpc) is 3.25. The summed E-state index contributed by atoms with van der Waals surface area (Å²) < 4.78 is 25.9. The van der Waals surface area contributed by atoms with Crippen LogP contribution in [-0.4, -0.2) is 18.7 Å². The minimum atomic E-state index is -3.45. The van der Waals surface area contributed by atoms with Crippen LogP contribution in [0.25, 0.3) is 0 Å². The molecule has 1 saturated carbocycles. The number of sulfone groups is 1. The molecule has 2 aromatic rings. The highest BCUT2D eigenvalue weighted by Gasteiger charge is 2.60. The molecule has 1 fully saturated rings. The van der Waals surface area contributed by atoms with Gasteiger partial charge in [0.05, 0.1) is 15.1 Å². The third kappa shape index (κ3) is 2.91. The lowest BCUT2D eigenvalue weighted by molar-refractivity contribution is 0.593. The van der Waals surface area contributed by atoms with E-state index in [1.165, 1.54) is 0 Å². The number of rotatable bonds is 4. The molecule has 1 aliphatic carbocycles.